The zero-order valence-corrected chi connectivity index (χ0v) is 13.5. The number of nitrogens with one attached hydrogen (secondary N) is 1. The molecule has 2 aliphatic rings. The molecule has 2 fully saturated rings. The summed E-state index contributed by atoms with van der Waals surface area (Å²) in [6.07, 6.45) is 5.51. The average Bonchev–Trinajstić information content (AvgIpc) is 3.25. The van der Waals surface area contributed by atoms with Crippen LogP contribution in [0.4, 0.5) is 0 Å². The van der Waals surface area contributed by atoms with Crippen LogP contribution in [0.15, 0.2) is 18.3 Å². The summed E-state index contributed by atoms with van der Waals surface area (Å²) in [5.74, 6) is 1.20. The van der Waals surface area contributed by atoms with Crippen LogP contribution in [0.2, 0.25) is 0 Å². The van der Waals surface area contributed by atoms with E-state index in [4.69, 9.17) is 4.98 Å². The van der Waals surface area contributed by atoms with Gasteiger partial charge in [-0.1, -0.05) is 0 Å². The number of pyridine rings is 1. The van der Waals surface area contributed by atoms with Gasteiger partial charge in [-0.25, -0.2) is 9.97 Å². The predicted octanol–water partition coefficient (Wildman–Crippen LogP) is 2.51. The summed E-state index contributed by atoms with van der Waals surface area (Å²) in [5.41, 5.74) is 2.09. The fourth-order valence-corrected chi connectivity index (χ4v) is 3.91. The van der Waals surface area contributed by atoms with Gasteiger partial charge in [-0.3, -0.25) is 4.90 Å². The van der Waals surface area contributed by atoms with Crippen LogP contribution in [0.5, 0.6) is 0 Å². The van der Waals surface area contributed by atoms with Crippen LogP contribution in [-0.4, -0.2) is 45.1 Å². The Hall–Kier alpha value is -1.46. The maximum atomic E-state index is 4.93. The van der Waals surface area contributed by atoms with Crippen molar-refractivity contribution in [2.45, 2.75) is 51.2 Å². The molecular weight excluding hydrogens is 274 g/mol. The highest BCUT2D eigenvalue weighted by atomic mass is 15.3. The van der Waals surface area contributed by atoms with Gasteiger partial charge < -0.3 is 9.88 Å². The van der Waals surface area contributed by atoms with E-state index in [1.54, 1.807) is 0 Å². The smallest absolute Gasteiger partial charge is 0.160 e. The van der Waals surface area contributed by atoms with Gasteiger partial charge in [-0.15, -0.1) is 0 Å². The molecule has 2 aromatic heterocycles. The van der Waals surface area contributed by atoms with Crippen molar-refractivity contribution in [1.29, 1.82) is 0 Å². The molecule has 0 aromatic carbocycles. The number of likely N-dealkylation sites (tertiary alicyclic amines) is 1. The van der Waals surface area contributed by atoms with Crippen molar-refractivity contribution >= 4 is 11.2 Å². The fourth-order valence-electron chi connectivity index (χ4n) is 3.91. The van der Waals surface area contributed by atoms with Crippen molar-refractivity contribution in [3.8, 4) is 0 Å². The van der Waals surface area contributed by atoms with E-state index in [0.29, 0.717) is 18.1 Å². The molecule has 2 saturated heterocycles. The van der Waals surface area contributed by atoms with Crippen molar-refractivity contribution in [3.05, 3.63) is 24.2 Å². The van der Waals surface area contributed by atoms with Gasteiger partial charge in [0.15, 0.2) is 5.65 Å². The summed E-state index contributed by atoms with van der Waals surface area (Å²) < 4.78 is 2.43. The molecule has 0 radical (unpaired) electrons. The molecule has 5 heteroatoms. The Morgan fingerprint density at radius 2 is 2.23 bits per heavy atom. The largest absolute Gasteiger partial charge is 0.307 e. The second kappa shape index (κ2) is 5.63. The summed E-state index contributed by atoms with van der Waals surface area (Å²) >= 11 is 0. The first kappa shape index (κ1) is 14.2. The molecule has 5 nitrogen and oxygen atoms in total. The molecule has 0 saturated carbocycles. The van der Waals surface area contributed by atoms with E-state index in [-0.39, 0.29) is 0 Å². The molecule has 0 aliphatic carbocycles. The lowest BCUT2D eigenvalue weighted by molar-refractivity contribution is 0.264. The Labute approximate surface area is 131 Å². The van der Waals surface area contributed by atoms with E-state index in [1.165, 1.54) is 31.6 Å². The van der Waals surface area contributed by atoms with E-state index in [0.717, 1.165) is 24.3 Å². The highest BCUT2D eigenvalue weighted by molar-refractivity contribution is 5.71. The van der Waals surface area contributed by atoms with Crippen molar-refractivity contribution in [1.82, 2.24) is 24.8 Å². The molecule has 0 spiro atoms. The second-order valence-electron chi connectivity index (χ2n) is 6.87. The van der Waals surface area contributed by atoms with Gasteiger partial charge in [-0.05, 0) is 51.8 Å². The van der Waals surface area contributed by atoms with Crippen molar-refractivity contribution in [2.75, 3.05) is 19.6 Å². The Balaban J connectivity index is 1.76. The van der Waals surface area contributed by atoms with Crippen molar-refractivity contribution < 1.29 is 0 Å². The number of imidazole rings is 1. The molecule has 2 atom stereocenters. The zero-order valence-electron chi connectivity index (χ0n) is 13.5. The Morgan fingerprint density at radius 3 is 2.95 bits per heavy atom. The van der Waals surface area contributed by atoms with Gasteiger partial charge in [0.1, 0.15) is 11.3 Å². The van der Waals surface area contributed by atoms with Crippen LogP contribution in [0.1, 0.15) is 51.0 Å². The Bertz CT molecular complexity index is 656. The normalized spacial score (nSPS) is 26.5. The average molecular weight is 299 g/mol. The highest BCUT2D eigenvalue weighted by Crippen LogP contribution is 2.32. The third-order valence-electron chi connectivity index (χ3n) is 5.14. The summed E-state index contributed by atoms with van der Waals surface area (Å²) in [7, 11) is 0. The highest BCUT2D eigenvalue weighted by Gasteiger charge is 2.31. The van der Waals surface area contributed by atoms with Gasteiger partial charge in [0, 0.05) is 25.3 Å². The maximum absolute atomic E-state index is 4.93. The number of nitrogens with zero attached hydrogens (tertiary/aromatic N) is 4. The molecule has 0 bridgehead atoms. The lowest BCUT2D eigenvalue weighted by Crippen LogP contribution is -2.29. The van der Waals surface area contributed by atoms with Crippen LogP contribution in [-0.2, 0) is 0 Å². The first-order chi connectivity index (χ1) is 10.7. The summed E-state index contributed by atoms with van der Waals surface area (Å²) in [6, 6.07) is 5.58. The minimum atomic E-state index is 0.391. The molecule has 0 amide bonds. The summed E-state index contributed by atoms with van der Waals surface area (Å²) in [5, 5.41) is 3.61. The van der Waals surface area contributed by atoms with E-state index < -0.39 is 0 Å². The number of hydrogen-bond donors (Lipinski definition) is 1. The molecule has 22 heavy (non-hydrogen) atoms. The quantitative estimate of drug-likeness (QED) is 0.946. The monoisotopic (exact) mass is 299 g/mol. The fraction of sp³-hybridized carbons (Fsp3) is 0.647. The molecule has 1 N–H and O–H groups in total. The first-order valence-corrected chi connectivity index (χ1v) is 8.54. The predicted molar refractivity (Wildman–Crippen MR) is 87.9 cm³/mol. The third kappa shape index (κ3) is 2.32. The van der Waals surface area contributed by atoms with E-state index in [1.807, 2.05) is 12.3 Å². The minimum absolute atomic E-state index is 0.391. The van der Waals surface area contributed by atoms with E-state index >= 15 is 0 Å². The number of aromatic nitrogens is 3. The molecule has 2 aliphatic heterocycles. The van der Waals surface area contributed by atoms with Crippen LogP contribution < -0.4 is 5.32 Å². The van der Waals surface area contributed by atoms with Crippen LogP contribution >= 0.6 is 0 Å². The second-order valence-corrected chi connectivity index (χ2v) is 6.87. The van der Waals surface area contributed by atoms with Gasteiger partial charge in [0.05, 0.1) is 12.1 Å². The topological polar surface area (TPSA) is 46.0 Å². The van der Waals surface area contributed by atoms with Crippen LogP contribution in [0, 0.1) is 0 Å². The van der Waals surface area contributed by atoms with Crippen molar-refractivity contribution in [3.63, 3.8) is 0 Å². The van der Waals surface area contributed by atoms with E-state index in [9.17, 15) is 0 Å². The van der Waals surface area contributed by atoms with Crippen molar-refractivity contribution in [2.24, 2.45) is 0 Å². The summed E-state index contributed by atoms with van der Waals surface area (Å²) in [6.45, 7) is 7.95. The lowest BCUT2D eigenvalue weighted by atomic mass is 10.2. The SMILES string of the molecule is CC(C)N1CCC(n2c(C3CCCN3)nc3cccnc32)C1. The maximum Gasteiger partial charge on any atom is 0.160 e. The molecule has 4 heterocycles. The number of hydrogen-bond acceptors (Lipinski definition) is 4. The first-order valence-electron chi connectivity index (χ1n) is 8.54. The standard InChI is InChI=1S/C17H25N5/c1-12(2)21-10-7-13(11-21)22-16-15(6-4-9-19-16)20-17(22)14-5-3-8-18-14/h4,6,9,12-14,18H,3,5,7-8,10-11H2,1-2H3. The van der Waals surface area contributed by atoms with Gasteiger partial charge >= 0.3 is 0 Å². The van der Waals surface area contributed by atoms with Crippen LogP contribution in [0.3, 0.4) is 0 Å². The summed E-state index contributed by atoms with van der Waals surface area (Å²) in [4.78, 5) is 12.1. The molecule has 2 unspecified atom stereocenters. The van der Waals surface area contributed by atoms with Gasteiger partial charge in [0.25, 0.3) is 0 Å². The molecule has 2 aromatic rings. The van der Waals surface area contributed by atoms with E-state index in [2.05, 4.69) is 39.7 Å². The third-order valence-corrected chi connectivity index (χ3v) is 5.14. The van der Waals surface area contributed by atoms with Crippen LogP contribution in [0.25, 0.3) is 11.2 Å². The number of rotatable bonds is 3. The number of fused-ring (bicyclic) bond motifs is 1. The van der Waals surface area contributed by atoms with Gasteiger partial charge in [0.2, 0.25) is 0 Å². The zero-order chi connectivity index (χ0) is 15.1. The Kier molecular flexibility index (Phi) is 3.62. The lowest BCUT2D eigenvalue weighted by Gasteiger charge is -2.22. The molecular formula is C17H25N5. The minimum Gasteiger partial charge on any atom is -0.307 e. The molecule has 4 rings (SSSR count). The Morgan fingerprint density at radius 1 is 1.32 bits per heavy atom. The molecule has 118 valence electrons. The van der Waals surface area contributed by atoms with Gasteiger partial charge in [-0.2, -0.15) is 0 Å².